The van der Waals surface area contributed by atoms with Crippen LogP contribution in [0.5, 0.6) is 5.75 Å². The van der Waals surface area contributed by atoms with Crippen LogP contribution < -0.4 is 4.74 Å². The third-order valence-electron chi connectivity index (χ3n) is 5.07. The van der Waals surface area contributed by atoms with E-state index in [-0.39, 0.29) is 5.02 Å². The molecule has 1 saturated heterocycles. The summed E-state index contributed by atoms with van der Waals surface area (Å²) in [6.07, 6.45) is 1.75. The van der Waals surface area contributed by atoms with Gasteiger partial charge in [-0.2, -0.15) is 0 Å². The minimum absolute atomic E-state index is 0.266. The number of cyclic esters (lactones) is 2. The number of methoxy groups -OCH3 is 1. The molecule has 2 aromatic carbocycles. The third-order valence-corrected chi connectivity index (χ3v) is 5.57. The van der Waals surface area contributed by atoms with Crippen LogP contribution in [0.1, 0.15) is 30.9 Å². The monoisotopic (exact) mass is 447 g/mol. The van der Waals surface area contributed by atoms with Crippen molar-refractivity contribution in [1.82, 2.24) is 4.98 Å². The standard InChI is InChI=1S/C22H19Cl2NO5/c1-22(2)29-20(26)18(21(27)30-22)17(13-8-11(23)9-15(24)19(13)28-3)14-10-25-16-7-5-4-6-12(14)16/h4-10,17-18,25H,1-3H3/t17-/m0/s1. The molecule has 3 aromatic rings. The maximum atomic E-state index is 13.0. The molecule has 0 aliphatic carbocycles. The number of halogens is 2. The Kier molecular flexibility index (Phi) is 5.16. The molecule has 8 heteroatoms. The van der Waals surface area contributed by atoms with E-state index < -0.39 is 29.6 Å². The zero-order valence-corrected chi connectivity index (χ0v) is 18.0. The van der Waals surface area contributed by atoms with E-state index in [9.17, 15) is 9.59 Å². The molecule has 30 heavy (non-hydrogen) atoms. The third kappa shape index (κ3) is 3.50. The highest BCUT2D eigenvalue weighted by molar-refractivity contribution is 6.35. The minimum Gasteiger partial charge on any atom is -0.495 e. The van der Waals surface area contributed by atoms with Gasteiger partial charge in [-0.3, -0.25) is 9.59 Å². The Labute approximate surface area is 183 Å². The number of ether oxygens (including phenoxy) is 3. The quantitative estimate of drug-likeness (QED) is 0.446. The molecule has 1 aliphatic rings. The fourth-order valence-electron chi connectivity index (χ4n) is 3.91. The van der Waals surface area contributed by atoms with Crippen molar-refractivity contribution in [2.45, 2.75) is 25.6 Å². The van der Waals surface area contributed by atoms with Crippen LogP contribution in [0, 0.1) is 5.92 Å². The molecule has 4 rings (SSSR count). The van der Waals surface area contributed by atoms with Gasteiger partial charge in [0.15, 0.2) is 5.92 Å². The topological polar surface area (TPSA) is 77.6 Å². The number of hydrogen-bond donors (Lipinski definition) is 1. The molecule has 0 bridgehead atoms. The van der Waals surface area contributed by atoms with Gasteiger partial charge in [-0.15, -0.1) is 0 Å². The first kappa shape index (κ1) is 20.6. The molecule has 0 amide bonds. The van der Waals surface area contributed by atoms with Gasteiger partial charge in [0.1, 0.15) is 5.75 Å². The van der Waals surface area contributed by atoms with E-state index in [2.05, 4.69) is 4.98 Å². The molecule has 0 saturated carbocycles. The van der Waals surface area contributed by atoms with Gasteiger partial charge in [-0.05, 0) is 23.8 Å². The lowest BCUT2D eigenvalue weighted by Gasteiger charge is -2.36. The summed E-state index contributed by atoms with van der Waals surface area (Å²) in [5, 5.41) is 1.45. The second-order valence-corrected chi connectivity index (χ2v) is 8.34. The van der Waals surface area contributed by atoms with Crippen molar-refractivity contribution < 1.29 is 23.8 Å². The van der Waals surface area contributed by atoms with Crippen LogP contribution in [0.15, 0.2) is 42.6 Å². The maximum Gasteiger partial charge on any atom is 0.324 e. The Morgan fingerprint density at radius 3 is 2.40 bits per heavy atom. The molecule has 2 heterocycles. The van der Waals surface area contributed by atoms with Crippen LogP contribution in [0.4, 0.5) is 0 Å². The van der Waals surface area contributed by atoms with E-state index in [0.29, 0.717) is 21.9 Å². The van der Waals surface area contributed by atoms with Crippen molar-refractivity contribution in [3.05, 3.63) is 63.8 Å². The average molecular weight is 448 g/mol. The van der Waals surface area contributed by atoms with Gasteiger partial charge in [-0.25, -0.2) is 0 Å². The largest absolute Gasteiger partial charge is 0.495 e. The molecule has 156 valence electrons. The summed E-state index contributed by atoms with van der Waals surface area (Å²) in [6, 6.07) is 10.7. The van der Waals surface area contributed by atoms with Crippen molar-refractivity contribution in [2.75, 3.05) is 7.11 Å². The van der Waals surface area contributed by atoms with Crippen LogP contribution in [0.25, 0.3) is 10.9 Å². The van der Waals surface area contributed by atoms with Crippen molar-refractivity contribution >= 4 is 46.0 Å². The number of rotatable bonds is 4. The van der Waals surface area contributed by atoms with Gasteiger partial charge >= 0.3 is 11.9 Å². The number of carbonyl (C=O) groups is 2. The Bertz CT molecular complexity index is 1130. The van der Waals surface area contributed by atoms with Crippen molar-refractivity contribution in [3.8, 4) is 5.75 Å². The number of para-hydroxylation sites is 1. The SMILES string of the molecule is COc1c(Cl)cc(Cl)cc1[C@@H](c1c[nH]c2ccccc12)C1C(=O)OC(C)(C)OC1=O. The number of esters is 2. The van der Waals surface area contributed by atoms with Gasteiger partial charge in [0.2, 0.25) is 0 Å². The first-order valence-electron chi connectivity index (χ1n) is 9.26. The van der Waals surface area contributed by atoms with E-state index in [1.54, 1.807) is 18.3 Å². The summed E-state index contributed by atoms with van der Waals surface area (Å²) >= 11 is 12.6. The Morgan fingerprint density at radius 2 is 1.73 bits per heavy atom. The molecule has 0 unspecified atom stereocenters. The average Bonchev–Trinajstić information content (AvgIpc) is 3.07. The second-order valence-electron chi connectivity index (χ2n) is 7.50. The zero-order valence-electron chi connectivity index (χ0n) is 16.5. The lowest BCUT2D eigenvalue weighted by molar-refractivity contribution is -0.240. The molecule has 1 aromatic heterocycles. The van der Waals surface area contributed by atoms with E-state index >= 15 is 0 Å². The number of nitrogens with one attached hydrogen (secondary N) is 1. The highest BCUT2D eigenvalue weighted by Gasteiger charge is 2.49. The van der Waals surface area contributed by atoms with Crippen LogP contribution in [-0.2, 0) is 19.1 Å². The van der Waals surface area contributed by atoms with Crippen LogP contribution >= 0.6 is 23.2 Å². The minimum atomic E-state index is -1.34. The zero-order chi connectivity index (χ0) is 21.6. The number of carbonyl (C=O) groups excluding carboxylic acids is 2. The van der Waals surface area contributed by atoms with Gasteiger partial charge in [0.25, 0.3) is 5.79 Å². The van der Waals surface area contributed by atoms with Crippen LogP contribution in [0.2, 0.25) is 10.0 Å². The predicted octanol–water partition coefficient (Wildman–Crippen LogP) is 5.07. The summed E-state index contributed by atoms with van der Waals surface area (Å²) in [7, 11) is 1.46. The van der Waals surface area contributed by atoms with Crippen LogP contribution in [-0.4, -0.2) is 29.8 Å². The predicted molar refractivity (Wildman–Crippen MR) is 113 cm³/mol. The normalized spacial score (nSPS) is 17.5. The molecular weight excluding hydrogens is 429 g/mol. The molecule has 1 fully saturated rings. The van der Waals surface area contributed by atoms with E-state index in [4.69, 9.17) is 37.4 Å². The van der Waals surface area contributed by atoms with Crippen molar-refractivity contribution in [2.24, 2.45) is 5.92 Å². The van der Waals surface area contributed by atoms with Gasteiger partial charge in [0, 0.05) is 47.5 Å². The van der Waals surface area contributed by atoms with Crippen LogP contribution in [0.3, 0.4) is 0 Å². The maximum absolute atomic E-state index is 13.0. The molecule has 0 spiro atoms. The number of H-pyrrole nitrogens is 1. The second kappa shape index (κ2) is 7.52. The lowest BCUT2D eigenvalue weighted by atomic mass is 9.79. The Morgan fingerprint density at radius 1 is 1.07 bits per heavy atom. The summed E-state index contributed by atoms with van der Waals surface area (Å²) in [4.78, 5) is 29.2. The summed E-state index contributed by atoms with van der Waals surface area (Å²) in [5.41, 5.74) is 2.03. The Balaban J connectivity index is 1.98. The van der Waals surface area contributed by atoms with E-state index in [0.717, 1.165) is 10.9 Å². The number of fused-ring (bicyclic) bond motifs is 1. The van der Waals surface area contributed by atoms with E-state index in [1.165, 1.54) is 21.0 Å². The number of aromatic amines is 1. The Hall–Kier alpha value is -2.70. The first-order chi connectivity index (χ1) is 14.2. The summed E-state index contributed by atoms with van der Waals surface area (Å²) in [5.74, 6) is -4.47. The molecule has 1 N–H and O–H groups in total. The number of benzene rings is 2. The highest BCUT2D eigenvalue weighted by atomic mass is 35.5. The van der Waals surface area contributed by atoms with Crippen molar-refractivity contribution in [3.63, 3.8) is 0 Å². The highest BCUT2D eigenvalue weighted by Crippen LogP contribution is 2.46. The smallest absolute Gasteiger partial charge is 0.324 e. The lowest BCUT2D eigenvalue weighted by Crippen LogP contribution is -2.48. The van der Waals surface area contributed by atoms with Gasteiger partial charge < -0.3 is 19.2 Å². The fraction of sp³-hybridized carbons (Fsp3) is 0.273. The molecule has 1 atom stereocenters. The first-order valence-corrected chi connectivity index (χ1v) is 10.0. The van der Waals surface area contributed by atoms with E-state index in [1.807, 2.05) is 24.3 Å². The molecule has 1 aliphatic heterocycles. The number of hydrogen-bond acceptors (Lipinski definition) is 5. The summed E-state index contributed by atoms with van der Waals surface area (Å²) in [6.45, 7) is 3.02. The summed E-state index contributed by atoms with van der Waals surface area (Å²) < 4.78 is 16.3. The van der Waals surface area contributed by atoms with Gasteiger partial charge in [0.05, 0.1) is 12.1 Å². The molecular formula is C22H19Cl2NO5. The van der Waals surface area contributed by atoms with Crippen molar-refractivity contribution in [1.29, 1.82) is 0 Å². The molecule has 0 radical (unpaired) electrons. The molecule has 6 nitrogen and oxygen atoms in total. The number of aromatic nitrogens is 1. The van der Waals surface area contributed by atoms with Gasteiger partial charge in [-0.1, -0.05) is 41.4 Å². The fourth-order valence-corrected chi connectivity index (χ4v) is 4.49.